The van der Waals surface area contributed by atoms with E-state index in [0.29, 0.717) is 6.04 Å². The van der Waals surface area contributed by atoms with Gasteiger partial charge in [-0.15, -0.1) is 5.10 Å². The molecular formula is C18H27N3O2. The van der Waals surface area contributed by atoms with Crippen molar-refractivity contribution in [2.75, 3.05) is 24.7 Å². The second-order valence-electron chi connectivity index (χ2n) is 7.25. The molecule has 1 aliphatic carbocycles. The first-order valence-corrected chi connectivity index (χ1v) is 9.11. The molecule has 0 aromatic carbocycles. The SMILES string of the molecule is Cc1ccc(N2C[C@@H](OCC3CCCC3)[C@@H]3OCCC[C@@H]32)nn1. The largest absolute Gasteiger partial charge is 0.373 e. The summed E-state index contributed by atoms with van der Waals surface area (Å²) in [5.74, 6) is 1.72. The molecule has 1 aromatic heterocycles. The molecule has 3 aliphatic rings. The lowest BCUT2D eigenvalue weighted by Gasteiger charge is -2.32. The van der Waals surface area contributed by atoms with Crippen LogP contribution < -0.4 is 4.90 Å². The number of hydrogen-bond acceptors (Lipinski definition) is 5. The van der Waals surface area contributed by atoms with E-state index in [0.717, 1.165) is 50.0 Å². The Balaban J connectivity index is 1.46. The van der Waals surface area contributed by atoms with E-state index in [1.807, 2.05) is 13.0 Å². The van der Waals surface area contributed by atoms with Gasteiger partial charge in [0.1, 0.15) is 12.2 Å². The molecule has 5 heteroatoms. The lowest BCUT2D eigenvalue weighted by molar-refractivity contribution is -0.0797. The fourth-order valence-corrected chi connectivity index (χ4v) is 4.30. The van der Waals surface area contributed by atoms with Crippen molar-refractivity contribution in [1.29, 1.82) is 0 Å². The monoisotopic (exact) mass is 317 g/mol. The first kappa shape index (κ1) is 15.3. The van der Waals surface area contributed by atoms with Gasteiger partial charge >= 0.3 is 0 Å². The Labute approximate surface area is 138 Å². The fraction of sp³-hybridized carbons (Fsp3) is 0.778. The molecule has 0 unspecified atom stereocenters. The van der Waals surface area contributed by atoms with Crippen molar-refractivity contribution in [1.82, 2.24) is 10.2 Å². The summed E-state index contributed by atoms with van der Waals surface area (Å²) < 4.78 is 12.4. The number of fused-ring (bicyclic) bond motifs is 1. The zero-order valence-electron chi connectivity index (χ0n) is 14.0. The summed E-state index contributed by atoms with van der Waals surface area (Å²) in [5.41, 5.74) is 0.957. The van der Waals surface area contributed by atoms with Crippen LogP contribution in [0.15, 0.2) is 12.1 Å². The van der Waals surface area contributed by atoms with Crippen molar-refractivity contribution in [3.8, 4) is 0 Å². The average Bonchev–Trinajstić information content (AvgIpc) is 3.21. The van der Waals surface area contributed by atoms with Crippen LogP contribution in [0.1, 0.15) is 44.2 Å². The van der Waals surface area contributed by atoms with Gasteiger partial charge in [-0.1, -0.05) is 12.8 Å². The quantitative estimate of drug-likeness (QED) is 0.854. The predicted molar refractivity (Wildman–Crippen MR) is 88.6 cm³/mol. The Morgan fingerprint density at radius 1 is 1.17 bits per heavy atom. The van der Waals surface area contributed by atoms with E-state index in [-0.39, 0.29) is 12.2 Å². The Morgan fingerprint density at radius 2 is 2.04 bits per heavy atom. The van der Waals surface area contributed by atoms with Crippen LogP contribution in [-0.2, 0) is 9.47 Å². The lowest BCUT2D eigenvalue weighted by atomic mass is 10.0. The van der Waals surface area contributed by atoms with Crippen molar-refractivity contribution in [2.45, 2.75) is 63.7 Å². The van der Waals surface area contributed by atoms with E-state index in [1.54, 1.807) is 0 Å². The van der Waals surface area contributed by atoms with Crippen molar-refractivity contribution < 1.29 is 9.47 Å². The van der Waals surface area contributed by atoms with Gasteiger partial charge in [0.15, 0.2) is 5.82 Å². The summed E-state index contributed by atoms with van der Waals surface area (Å²) >= 11 is 0. The summed E-state index contributed by atoms with van der Waals surface area (Å²) in [6, 6.07) is 4.50. The molecule has 126 valence electrons. The van der Waals surface area contributed by atoms with Gasteiger partial charge in [-0.05, 0) is 50.7 Å². The molecule has 3 atom stereocenters. The maximum absolute atomic E-state index is 6.32. The van der Waals surface area contributed by atoms with Crippen LogP contribution in [0.5, 0.6) is 0 Å². The molecule has 0 amide bonds. The third-order valence-electron chi connectivity index (χ3n) is 5.58. The third-order valence-corrected chi connectivity index (χ3v) is 5.58. The van der Waals surface area contributed by atoms with E-state index in [1.165, 1.54) is 25.7 Å². The number of ether oxygens (including phenoxy) is 2. The normalized spacial score (nSPS) is 31.5. The topological polar surface area (TPSA) is 47.5 Å². The second-order valence-corrected chi connectivity index (χ2v) is 7.25. The van der Waals surface area contributed by atoms with E-state index >= 15 is 0 Å². The van der Waals surface area contributed by atoms with Crippen LogP contribution in [0.2, 0.25) is 0 Å². The maximum Gasteiger partial charge on any atom is 0.151 e. The zero-order valence-corrected chi connectivity index (χ0v) is 14.0. The molecule has 3 fully saturated rings. The number of nitrogens with zero attached hydrogens (tertiary/aromatic N) is 3. The van der Waals surface area contributed by atoms with Gasteiger partial charge in [-0.2, -0.15) is 5.10 Å². The third kappa shape index (κ3) is 3.22. The van der Waals surface area contributed by atoms with Gasteiger partial charge in [0, 0.05) is 19.8 Å². The van der Waals surface area contributed by atoms with Crippen molar-refractivity contribution >= 4 is 5.82 Å². The minimum absolute atomic E-state index is 0.170. The zero-order chi connectivity index (χ0) is 15.6. The number of anilines is 1. The van der Waals surface area contributed by atoms with Gasteiger partial charge < -0.3 is 14.4 Å². The first-order valence-electron chi connectivity index (χ1n) is 9.11. The minimum Gasteiger partial charge on any atom is -0.373 e. The van der Waals surface area contributed by atoms with Gasteiger partial charge in [0.25, 0.3) is 0 Å². The van der Waals surface area contributed by atoms with Crippen LogP contribution in [0.25, 0.3) is 0 Å². The molecule has 2 aliphatic heterocycles. The Bertz CT molecular complexity index is 516. The first-order chi connectivity index (χ1) is 11.3. The Kier molecular flexibility index (Phi) is 4.49. The fourth-order valence-electron chi connectivity index (χ4n) is 4.30. The van der Waals surface area contributed by atoms with Crippen LogP contribution in [0.4, 0.5) is 5.82 Å². The number of rotatable bonds is 4. The number of aromatic nitrogens is 2. The number of aryl methyl sites for hydroxylation is 1. The summed E-state index contributed by atoms with van der Waals surface area (Å²) in [7, 11) is 0. The lowest BCUT2D eigenvalue weighted by Crippen LogP contribution is -2.42. The van der Waals surface area contributed by atoms with Crippen LogP contribution in [0, 0.1) is 12.8 Å². The molecule has 23 heavy (non-hydrogen) atoms. The highest BCUT2D eigenvalue weighted by Crippen LogP contribution is 2.34. The second kappa shape index (κ2) is 6.73. The summed E-state index contributed by atoms with van der Waals surface area (Å²) in [5, 5.41) is 8.61. The number of hydrogen-bond donors (Lipinski definition) is 0. The van der Waals surface area contributed by atoms with Crippen LogP contribution >= 0.6 is 0 Å². The molecule has 3 heterocycles. The molecule has 4 rings (SSSR count). The summed E-state index contributed by atoms with van der Waals surface area (Å²) in [6.07, 6.45) is 8.02. The molecule has 0 spiro atoms. The molecule has 0 bridgehead atoms. The molecule has 1 saturated carbocycles. The van der Waals surface area contributed by atoms with Gasteiger partial charge in [0.2, 0.25) is 0 Å². The smallest absolute Gasteiger partial charge is 0.151 e. The van der Waals surface area contributed by atoms with Crippen molar-refractivity contribution in [3.63, 3.8) is 0 Å². The minimum atomic E-state index is 0.170. The van der Waals surface area contributed by atoms with E-state index in [2.05, 4.69) is 21.2 Å². The highest BCUT2D eigenvalue weighted by Gasteiger charge is 2.45. The molecular weight excluding hydrogens is 290 g/mol. The molecule has 2 saturated heterocycles. The van der Waals surface area contributed by atoms with Gasteiger partial charge in [-0.3, -0.25) is 0 Å². The van der Waals surface area contributed by atoms with Crippen LogP contribution in [0.3, 0.4) is 0 Å². The highest BCUT2D eigenvalue weighted by molar-refractivity contribution is 5.42. The molecule has 1 aromatic rings. The van der Waals surface area contributed by atoms with E-state index in [4.69, 9.17) is 9.47 Å². The highest BCUT2D eigenvalue weighted by atomic mass is 16.5. The van der Waals surface area contributed by atoms with Crippen LogP contribution in [-0.4, -0.2) is 48.2 Å². The Morgan fingerprint density at radius 3 is 2.83 bits per heavy atom. The predicted octanol–water partition coefficient (Wildman–Crippen LogP) is 2.73. The summed E-state index contributed by atoms with van der Waals surface area (Å²) in [4.78, 5) is 2.36. The van der Waals surface area contributed by atoms with Gasteiger partial charge in [0.05, 0.1) is 11.7 Å². The molecule has 0 N–H and O–H groups in total. The maximum atomic E-state index is 6.32. The molecule has 0 radical (unpaired) electrons. The van der Waals surface area contributed by atoms with E-state index in [9.17, 15) is 0 Å². The Hall–Kier alpha value is -1.20. The average molecular weight is 317 g/mol. The van der Waals surface area contributed by atoms with E-state index < -0.39 is 0 Å². The van der Waals surface area contributed by atoms with Crippen molar-refractivity contribution in [2.24, 2.45) is 5.92 Å². The summed E-state index contributed by atoms with van der Waals surface area (Å²) in [6.45, 7) is 4.60. The molecule has 5 nitrogen and oxygen atoms in total. The standard InChI is InChI=1S/C18H27N3O2/c1-13-8-9-17(20-19-13)21-11-16(18-15(21)7-4-10-22-18)23-12-14-5-2-3-6-14/h8-9,14-16,18H,2-7,10-12H2,1H3/t15-,16+,18+/m0/s1. The van der Waals surface area contributed by atoms with Crippen molar-refractivity contribution in [3.05, 3.63) is 17.8 Å². The van der Waals surface area contributed by atoms with Gasteiger partial charge in [-0.25, -0.2) is 0 Å².